The molecule has 0 bridgehead atoms. The van der Waals surface area contributed by atoms with Crippen molar-refractivity contribution in [2.24, 2.45) is 0 Å². The third-order valence-corrected chi connectivity index (χ3v) is 5.74. The highest BCUT2D eigenvalue weighted by Crippen LogP contribution is 2.26. The minimum Gasteiger partial charge on any atom is -0.483 e. The van der Waals surface area contributed by atoms with Gasteiger partial charge in [0.25, 0.3) is 5.91 Å². The SMILES string of the molecule is CCc1ccc(OCC(=O)N(Cc2ccccc2)[C@H](C)C(=O)N[C@H](C)CC)c(Br)c1. The Morgan fingerprint density at radius 1 is 1.07 bits per heavy atom. The molecular weight excluding hydrogens is 444 g/mol. The first kappa shape index (κ1) is 23.9. The van der Waals surface area contributed by atoms with Crippen LogP contribution in [0.1, 0.15) is 45.2 Å². The van der Waals surface area contributed by atoms with Crippen LogP contribution in [0.2, 0.25) is 0 Å². The maximum absolute atomic E-state index is 13.1. The number of rotatable bonds is 10. The molecule has 2 atom stereocenters. The van der Waals surface area contributed by atoms with Crippen LogP contribution in [0.3, 0.4) is 0 Å². The first-order valence-electron chi connectivity index (χ1n) is 10.4. The number of nitrogens with one attached hydrogen (secondary N) is 1. The Labute approximate surface area is 187 Å². The van der Waals surface area contributed by atoms with Gasteiger partial charge in [0.15, 0.2) is 6.61 Å². The van der Waals surface area contributed by atoms with Crippen LogP contribution in [0.25, 0.3) is 0 Å². The van der Waals surface area contributed by atoms with Crippen LogP contribution in [0.4, 0.5) is 0 Å². The first-order valence-corrected chi connectivity index (χ1v) is 11.2. The fourth-order valence-electron chi connectivity index (χ4n) is 2.93. The average molecular weight is 475 g/mol. The molecule has 2 amide bonds. The van der Waals surface area contributed by atoms with Crippen LogP contribution in [-0.2, 0) is 22.6 Å². The molecule has 0 fully saturated rings. The zero-order valence-electron chi connectivity index (χ0n) is 18.2. The molecule has 5 nitrogen and oxygen atoms in total. The highest BCUT2D eigenvalue weighted by molar-refractivity contribution is 9.10. The molecule has 0 unspecified atom stereocenters. The molecule has 0 heterocycles. The van der Waals surface area contributed by atoms with Crippen molar-refractivity contribution in [3.63, 3.8) is 0 Å². The molecule has 1 N–H and O–H groups in total. The Morgan fingerprint density at radius 3 is 2.37 bits per heavy atom. The van der Waals surface area contributed by atoms with Crippen molar-refractivity contribution in [3.8, 4) is 5.75 Å². The topological polar surface area (TPSA) is 58.6 Å². The predicted octanol–water partition coefficient (Wildman–Crippen LogP) is 4.72. The molecule has 0 aromatic heterocycles. The smallest absolute Gasteiger partial charge is 0.261 e. The summed E-state index contributed by atoms with van der Waals surface area (Å²) in [5, 5.41) is 2.96. The molecule has 162 valence electrons. The van der Waals surface area contributed by atoms with E-state index < -0.39 is 6.04 Å². The molecule has 0 spiro atoms. The summed E-state index contributed by atoms with van der Waals surface area (Å²) < 4.78 is 6.59. The lowest BCUT2D eigenvalue weighted by Crippen LogP contribution is -2.50. The molecular formula is C24H31BrN2O3. The predicted molar refractivity (Wildman–Crippen MR) is 123 cm³/mol. The van der Waals surface area contributed by atoms with Gasteiger partial charge >= 0.3 is 0 Å². The second-order valence-corrected chi connectivity index (χ2v) is 8.26. The molecule has 0 radical (unpaired) electrons. The number of ether oxygens (including phenoxy) is 1. The summed E-state index contributed by atoms with van der Waals surface area (Å²) in [7, 11) is 0. The quantitative estimate of drug-likeness (QED) is 0.541. The lowest BCUT2D eigenvalue weighted by Gasteiger charge is -2.29. The Bertz CT molecular complexity index is 842. The fourth-order valence-corrected chi connectivity index (χ4v) is 3.47. The highest BCUT2D eigenvalue weighted by Gasteiger charge is 2.27. The first-order chi connectivity index (χ1) is 14.3. The summed E-state index contributed by atoms with van der Waals surface area (Å²) in [6, 6.07) is 14.9. The van der Waals surface area contributed by atoms with Crippen molar-refractivity contribution in [2.75, 3.05) is 6.61 Å². The number of benzene rings is 2. The van der Waals surface area contributed by atoms with Crippen LogP contribution in [0.15, 0.2) is 53.0 Å². The minimum atomic E-state index is -0.610. The van der Waals surface area contributed by atoms with Gasteiger partial charge in [-0.2, -0.15) is 0 Å². The number of hydrogen-bond donors (Lipinski definition) is 1. The molecule has 0 aliphatic carbocycles. The van der Waals surface area contributed by atoms with Gasteiger partial charge < -0.3 is 15.0 Å². The van der Waals surface area contributed by atoms with Gasteiger partial charge in [0.05, 0.1) is 4.47 Å². The molecule has 2 rings (SSSR count). The summed E-state index contributed by atoms with van der Waals surface area (Å²) in [6.45, 7) is 8.00. The molecule has 0 saturated heterocycles. The summed E-state index contributed by atoms with van der Waals surface area (Å²) in [6.07, 6.45) is 1.75. The van der Waals surface area contributed by atoms with Gasteiger partial charge in [-0.15, -0.1) is 0 Å². The van der Waals surface area contributed by atoms with Crippen molar-refractivity contribution in [1.29, 1.82) is 0 Å². The maximum atomic E-state index is 13.1. The lowest BCUT2D eigenvalue weighted by atomic mass is 10.1. The number of carbonyl (C=O) groups excluding carboxylic acids is 2. The summed E-state index contributed by atoms with van der Waals surface area (Å²) >= 11 is 3.50. The number of aryl methyl sites for hydroxylation is 1. The average Bonchev–Trinajstić information content (AvgIpc) is 2.76. The molecule has 0 saturated carbocycles. The maximum Gasteiger partial charge on any atom is 0.261 e. The zero-order valence-corrected chi connectivity index (χ0v) is 19.7. The van der Waals surface area contributed by atoms with E-state index in [4.69, 9.17) is 4.74 Å². The van der Waals surface area contributed by atoms with Crippen molar-refractivity contribution < 1.29 is 14.3 Å². The summed E-state index contributed by atoms with van der Waals surface area (Å²) in [4.78, 5) is 27.3. The molecule has 6 heteroatoms. The van der Waals surface area contributed by atoms with E-state index in [1.165, 1.54) is 5.56 Å². The van der Waals surface area contributed by atoms with Gasteiger partial charge in [-0.05, 0) is 65.9 Å². The Kier molecular flexibility index (Phi) is 9.37. The van der Waals surface area contributed by atoms with Gasteiger partial charge in [-0.25, -0.2) is 0 Å². The van der Waals surface area contributed by atoms with Crippen LogP contribution in [0.5, 0.6) is 5.75 Å². The van der Waals surface area contributed by atoms with Crippen LogP contribution < -0.4 is 10.1 Å². The second-order valence-electron chi connectivity index (χ2n) is 7.41. The zero-order chi connectivity index (χ0) is 22.1. The van der Waals surface area contributed by atoms with Gasteiger partial charge in [-0.1, -0.05) is 50.2 Å². The Hall–Kier alpha value is -2.34. The van der Waals surface area contributed by atoms with E-state index in [0.717, 1.165) is 22.9 Å². The van der Waals surface area contributed by atoms with E-state index in [9.17, 15) is 9.59 Å². The van der Waals surface area contributed by atoms with E-state index in [2.05, 4.69) is 28.2 Å². The third-order valence-electron chi connectivity index (χ3n) is 5.12. The van der Waals surface area contributed by atoms with Crippen LogP contribution in [-0.4, -0.2) is 35.4 Å². The van der Waals surface area contributed by atoms with E-state index in [1.807, 2.05) is 62.4 Å². The van der Waals surface area contributed by atoms with Gasteiger partial charge in [0.2, 0.25) is 5.91 Å². The van der Waals surface area contributed by atoms with Crippen molar-refractivity contribution in [3.05, 3.63) is 64.1 Å². The lowest BCUT2D eigenvalue weighted by molar-refractivity contribution is -0.142. The highest BCUT2D eigenvalue weighted by atomic mass is 79.9. The van der Waals surface area contributed by atoms with Crippen molar-refractivity contribution in [2.45, 2.75) is 59.2 Å². The van der Waals surface area contributed by atoms with Gasteiger partial charge in [0.1, 0.15) is 11.8 Å². The molecule has 30 heavy (non-hydrogen) atoms. The van der Waals surface area contributed by atoms with E-state index >= 15 is 0 Å². The van der Waals surface area contributed by atoms with Crippen LogP contribution in [0, 0.1) is 0 Å². The molecule has 2 aromatic carbocycles. The molecule has 0 aliphatic heterocycles. The molecule has 0 aliphatic rings. The van der Waals surface area contributed by atoms with Gasteiger partial charge in [-0.3, -0.25) is 9.59 Å². The Balaban J connectivity index is 2.14. The number of nitrogens with zero attached hydrogens (tertiary/aromatic N) is 1. The molecule has 2 aromatic rings. The third kappa shape index (κ3) is 6.87. The van der Waals surface area contributed by atoms with E-state index in [0.29, 0.717) is 12.3 Å². The number of amides is 2. The summed E-state index contributed by atoms with van der Waals surface area (Å²) in [5.41, 5.74) is 2.14. The number of halogens is 1. The van der Waals surface area contributed by atoms with E-state index in [-0.39, 0.29) is 24.5 Å². The second kappa shape index (κ2) is 11.7. The standard InChI is InChI=1S/C24H31BrN2O3/c1-5-17(3)26-24(29)18(4)27(15-20-10-8-7-9-11-20)23(28)16-30-22-13-12-19(6-2)14-21(22)25/h7-14,17-18H,5-6,15-16H2,1-4H3,(H,26,29)/t17-,18-/m1/s1. The monoisotopic (exact) mass is 474 g/mol. The van der Waals surface area contributed by atoms with Crippen molar-refractivity contribution in [1.82, 2.24) is 10.2 Å². The minimum absolute atomic E-state index is 0.0536. The Morgan fingerprint density at radius 2 is 1.77 bits per heavy atom. The number of hydrogen-bond acceptors (Lipinski definition) is 3. The number of carbonyl (C=O) groups is 2. The van der Waals surface area contributed by atoms with E-state index in [1.54, 1.807) is 11.8 Å². The van der Waals surface area contributed by atoms with Crippen LogP contribution >= 0.6 is 15.9 Å². The summed E-state index contributed by atoms with van der Waals surface area (Å²) in [5.74, 6) is 0.205. The fraction of sp³-hybridized carbons (Fsp3) is 0.417. The largest absolute Gasteiger partial charge is 0.483 e. The van der Waals surface area contributed by atoms with Crippen molar-refractivity contribution >= 4 is 27.7 Å². The van der Waals surface area contributed by atoms with Gasteiger partial charge in [0, 0.05) is 12.6 Å². The normalized spacial score (nSPS) is 12.7.